The molecule has 1 heterocycles. The average Bonchev–Trinajstić information content (AvgIpc) is 2.77. The molecule has 0 radical (unpaired) electrons. The van der Waals surface area contributed by atoms with Crippen LogP contribution in [0.3, 0.4) is 0 Å². The molecule has 2 nitrogen and oxygen atoms in total. The summed E-state index contributed by atoms with van der Waals surface area (Å²) in [5.74, 6) is 0.103. The maximum atomic E-state index is 13.6. The molecular formula is C14H17FN2. The lowest BCUT2D eigenvalue weighted by molar-refractivity contribution is 0.491. The van der Waals surface area contributed by atoms with Gasteiger partial charge >= 0.3 is 0 Å². The molecule has 0 aromatic heterocycles. The lowest BCUT2D eigenvalue weighted by Crippen LogP contribution is -2.34. The highest BCUT2D eigenvalue weighted by molar-refractivity contribution is 5.61. The van der Waals surface area contributed by atoms with Gasteiger partial charge in [-0.1, -0.05) is 19.9 Å². The third-order valence-electron chi connectivity index (χ3n) is 3.48. The highest BCUT2D eigenvalue weighted by Crippen LogP contribution is 2.32. The Morgan fingerprint density at radius 1 is 1.47 bits per heavy atom. The number of hydrogen-bond acceptors (Lipinski definition) is 2. The van der Waals surface area contributed by atoms with Crippen LogP contribution < -0.4 is 4.90 Å². The van der Waals surface area contributed by atoms with Crippen LogP contribution in [0, 0.1) is 23.1 Å². The standard InChI is InChI=1S/C14H17FN2/c1-10(2)13-7-4-8-17(13)14-6-3-5-12(15)11(14)9-16/h3,5-6,10,13H,4,7-8H2,1-2H3. The van der Waals surface area contributed by atoms with Gasteiger partial charge in [-0.25, -0.2) is 4.39 Å². The average molecular weight is 232 g/mol. The molecule has 0 N–H and O–H groups in total. The van der Waals surface area contributed by atoms with Crippen LogP contribution in [-0.4, -0.2) is 12.6 Å². The molecular weight excluding hydrogens is 215 g/mol. The summed E-state index contributed by atoms with van der Waals surface area (Å²) in [4.78, 5) is 2.19. The van der Waals surface area contributed by atoms with Crippen molar-refractivity contribution in [2.75, 3.05) is 11.4 Å². The maximum absolute atomic E-state index is 13.6. The van der Waals surface area contributed by atoms with Crippen molar-refractivity contribution >= 4 is 5.69 Å². The zero-order chi connectivity index (χ0) is 12.4. The number of nitriles is 1. The molecule has 1 aromatic rings. The minimum atomic E-state index is -0.417. The number of rotatable bonds is 2. The molecule has 1 aliphatic rings. The lowest BCUT2D eigenvalue weighted by atomic mass is 10.0. The Kier molecular flexibility index (Phi) is 3.33. The SMILES string of the molecule is CC(C)C1CCCN1c1cccc(F)c1C#N. The first-order valence-corrected chi connectivity index (χ1v) is 6.10. The summed E-state index contributed by atoms with van der Waals surface area (Å²) in [6.07, 6.45) is 2.24. The minimum absolute atomic E-state index is 0.181. The van der Waals surface area contributed by atoms with Crippen molar-refractivity contribution in [1.82, 2.24) is 0 Å². The van der Waals surface area contributed by atoms with Gasteiger partial charge in [0.15, 0.2) is 0 Å². The Bertz CT molecular complexity index is 448. The number of hydrogen-bond donors (Lipinski definition) is 0. The first kappa shape index (κ1) is 11.9. The van der Waals surface area contributed by atoms with Crippen LogP contribution in [0.1, 0.15) is 32.3 Å². The second-order valence-corrected chi connectivity index (χ2v) is 4.89. The fourth-order valence-electron chi connectivity index (χ4n) is 2.65. The number of anilines is 1. The van der Waals surface area contributed by atoms with Gasteiger partial charge in [-0.15, -0.1) is 0 Å². The molecule has 0 amide bonds. The Balaban J connectivity index is 2.40. The molecule has 1 atom stereocenters. The fraction of sp³-hybridized carbons (Fsp3) is 0.500. The van der Waals surface area contributed by atoms with E-state index in [-0.39, 0.29) is 5.56 Å². The quantitative estimate of drug-likeness (QED) is 0.782. The van der Waals surface area contributed by atoms with E-state index in [0.29, 0.717) is 12.0 Å². The largest absolute Gasteiger partial charge is 0.367 e. The van der Waals surface area contributed by atoms with Crippen LogP contribution in [0.5, 0.6) is 0 Å². The Labute approximate surface area is 102 Å². The summed E-state index contributed by atoms with van der Waals surface area (Å²) >= 11 is 0. The summed E-state index contributed by atoms with van der Waals surface area (Å²) < 4.78 is 13.6. The van der Waals surface area contributed by atoms with Gasteiger partial charge in [0.25, 0.3) is 0 Å². The normalized spacial score (nSPS) is 19.7. The molecule has 2 rings (SSSR count). The highest BCUT2D eigenvalue weighted by Gasteiger charge is 2.29. The summed E-state index contributed by atoms with van der Waals surface area (Å²) in [5.41, 5.74) is 0.934. The lowest BCUT2D eigenvalue weighted by Gasteiger charge is -2.30. The van der Waals surface area contributed by atoms with Gasteiger partial charge in [0.1, 0.15) is 17.4 Å². The fourth-order valence-corrected chi connectivity index (χ4v) is 2.65. The molecule has 1 fully saturated rings. The maximum Gasteiger partial charge on any atom is 0.143 e. The van der Waals surface area contributed by atoms with Crippen molar-refractivity contribution in [1.29, 1.82) is 5.26 Å². The van der Waals surface area contributed by atoms with Crippen LogP contribution in [0.2, 0.25) is 0 Å². The van der Waals surface area contributed by atoms with Crippen LogP contribution in [-0.2, 0) is 0 Å². The zero-order valence-corrected chi connectivity index (χ0v) is 10.3. The van der Waals surface area contributed by atoms with Crippen LogP contribution >= 0.6 is 0 Å². The molecule has 0 bridgehead atoms. The summed E-state index contributed by atoms with van der Waals surface area (Å²) in [5, 5.41) is 9.07. The van der Waals surface area contributed by atoms with Gasteiger partial charge in [0.05, 0.1) is 5.69 Å². The Morgan fingerprint density at radius 3 is 2.88 bits per heavy atom. The molecule has 0 spiro atoms. The third kappa shape index (κ3) is 2.12. The van der Waals surface area contributed by atoms with Crippen LogP contribution in [0.15, 0.2) is 18.2 Å². The van der Waals surface area contributed by atoms with E-state index in [0.717, 1.165) is 25.1 Å². The van der Waals surface area contributed by atoms with Gasteiger partial charge in [-0.3, -0.25) is 0 Å². The van der Waals surface area contributed by atoms with E-state index in [2.05, 4.69) is 18.7 Å². The van der Waals surface area contributed by atoms with Gasteiger partial charge in [0.2, 0.25) is 0 Å². The molecule has 1 unspecified atom stereocenters. The topological polar surface area (TPSA) is 27.0 Å². The first-order valence-electron chi connectivity index (χ1n) is 6.10. The number of nitrogens with zero attached hydrogens (tertiary/aromatic N) is 2. The minimum Gasteiger partial charge on any atom is -0.367 e. The van der Waals surface area contributed by atoms with E-state index in [9.17, 15) is 4.39 Å². The second kappa shape index (κ2) is 4.75. The summed E-state index contributed by atoms with van der Waals surface area (Å²) in [6.45, 7) is 5.27. The Morgan fingerprint density at radius 2 is 2.24 bits per heavy atom. The molecule has 1 aliphatic heterocycles. The predicted molar refractivity (Wildman–Crippen MR) is 66.3 cm³/mol. The molecule has 3 heteroatoms. The van der Waals surface area contributed by atoms with E-state index in [4.69, 9.17) is 5.26 Å². The van der Waals surface area contributed by atoms with Crippen molar-refractivity contribution in [2.24, 2.45) is 5.92 Å². The van der Waals surface area contributed by atoms with Crippen molar-refractivity contribution in [2.45, 2.75) is 32.7 Å². The summed E-state index contributed by atoms with van der Waals surface area (Å²) in [7, 11) is 0. The van der Waals surface area contributed by atoms with Gasteiger partial charge < -0.3 is 4.90 Å². The van der Waals surface area contributed by atoms with E-state index in [1.54, 1.807) is 6.07 Å². The first-order chi connectivity index (χ1) is 8.15. The van der Waals surface area contributed by atoms with Crippen molar-refractivity contribution in [3.63, 3.8) is 0 Å². The second-order valence-electron chi connectivity index (χ2n) is 4.89. The zero-order valence-electron chi connectivity index (χ0n) is 10.3. The Hall–Kier alpha value is -1.56. The number of halogens is 1. The molecule has 17 heavy (non-hydrogen) atoms. The van der Waals surface area contributed by atoms with Crippen molar-refractivity contribution in [3.05, 3.63) is 29.6 Å². The molecule has 0 saturated carbocycles. The van der Waals surface area contributed by atoms with E-state index in [1.165, 1.54) is 6.07 Å². The van der Waals surface area contributed by atoms with E-state index in [1.807, 2.05) is 12.1 Å². The van der Waals surface area contributed by atoms with Gasteiger partial charge in [-0.05, 0) is 30.9 Å². The van der Waals surface area contributed by atoms with Gasteiger partial charge in [-0.2, -0.15) is 5.26 Å². The van der Waals surface area contributed by atoms with Crippen molar-refractivity contribution < 1.29 is 4.39 Å². The smallest absolute Gasteiger partial charge is 0.143 e. The predicted octanol–water partition coefficient (Wildman–Crippen LogP) is 3.32. The van der Waals surface area contributed by atoms with E-state index < -0.39 is 5.82 Å². The molecule has 90 valence electrons. The van der Waals surface area contributed by atoms with Crippen LogP contribution in [0.25, 0.3) is 0 Å². The highest BCUT2D eigenvalue weighted by atomic mass is 19.1. The number of benzene rings is 1. The molecule has 1 aromatic carbocycles. The molecule has 0 aliphatic carbocycles. The third-order valence-corrected chi connectivity index (χ3v) is 3.48. The van der Waals surface area contributed by atoms with Crippen LogP contribution in [0.4, 0.5) is 10.1 Å². The summed E-state index contributed by atoms with van der Waals surface area (Å²) in [6, 6.07) is 7.28. The monoisotopic (exact) mass is 232 g/mol. The van der Waals surface area contributed by atoms with E-state index >= 15 is 0 Å². The molecule has 1 saturated heterocycles. The van der Waals surface area contributed by atoms with Crippen molar-refractivity contribution in [3.8, 4) is 6.07 Å². The van der Waals surface area contributed by atoms with Gasteiger partial charge in [0, 0.05) is 12.6 Å².